The van der Waals surface area contributed by atoms with Gasteiger partial charge in [-0.25, -0.2) is 0 Å². The fourth-order valence-electron chi connectivity index (χ4n) is 0.800. The van der Waals surface area contributed by atoms with E-state index < -0.39 is 0 Å². The second-order valence-electron chi connectivity index (χ2n) is 2.33. The van der Waals surface area contributed by atoms with E-state index in [4.69, 9.17) is 0 Å². The second kappa shape index (κ2) is 8.62. The maximum absolute atomic E-state index is 3.79. The van der Waals surface area contributed by atoms with Gasteiger partial charge in [-0.05, 0) is 18.4 Å². The highest BCUT2D eigenvalue weighted by atomic mass is 32.1. The van der Waals surface area contributed by atoms with Crippen LogP contribution in [0.2, 0.25) is 0 Å². The molecule has 68 valence electrons. The van der Waals surface area contributed by atoms with Gasteiger partial charge in [0.05, 0.1) is 0 Å². The van der Waals surface area contributed by atoms with Crippen molar-refractivity contribution in [3.63, 3.8) is 0 Å². The summed E-state index contributed by atoms with van der Waals surface area (Å²) in [6, 6.07) is 10.3. The quantitative estimate of drug-likeness (QED) is 0.671. The molecule has 0 saturated carbocycles. The highest BCUT2D eigenvalue weighted by Crippen LogP contribution is 1.95. The Kier molecular flexibility index (Phi) is 8.29. The molecule has 1 aromatic rings. The molecule has 0 radical (unpaired) electrons. The van der Waals surface area contributed by atoms with E-state index in [0.717, 1.165) is 12.3 Å². The van der Waals surface area contributed by atoms with Crippen LogP contribution in [-0.4, -0.2) is 12.8 Å². The standard InChI is InChI=1S/C8H11N.C2H6S/c1-9-7-8-5-3-2-4-6-8;1-2-3/h2-6,9H,7H2,1H3;3H,2H2,1H3. The highest BCUT2D eigenvalue weighted by Gasteiger charge is 1.83. The summed E-state index contributed by atoms with van der Waals surface area (Å²) < 4.78 is 0. The Balaban J connectivity index is 0.000000354. The first-order valence-corrected chi connectivity index (χ1v) is 4.77. The Morgan fingerprint density at radius 2 is 1.75 bits per heavy atom. The van der Waals surface area contributed by atoms with E-state index in [9.17, 15) is 0 Å². The van der Waals surface area contributed by atoms with Crippen LogP contribution in [0, 0.1) is 0 Å². The van der Waals surface area contributed by atoms with Gasteiger partial charge < -0.3 is 5.32 Å². The summed E-state index contributed by atoms with van der Waals surface area (Å²) in [4.78, 5) is 0. The highest BCUT2D eigenvalue weighted by molar-refractivity contribution is 7.80. The molecule has 2 heteroatoms. The van der Waals surface area contributed by atoms with E-state index in [1.807, 2.05) is 32.2 Å². The van der Waals surface area contributed by atoms with Crippen molar-refractivity contribution < 1.29 is 0 Å². The molecule has 0 aliphatic heterocycles. The molecule has 0 aliphatic carbocycles. The first-order chi connectivity index (χ1) is 5.85. The lowest BCUT2D eigenvalue weighted by Crippen LogP contribution is -2.04. The molecular formula is C10H17NS. The van der Waals surface area contributed by atoms with E-state index in [1.165, 1.54) is 5.56 Å². The van der Waals surface area contributed by atoms with Gasteiger partial charge in [0.2, 0.25) is 0 Å². The van der Waals surface area contributed by atoms with Gasteiger partial charge in [0, 0.05) is 6.54 Å². The summed E-state index contributed by atoms with van der Waals surface area (Å²) >= 11 is 3.79. The molecule has 0 spiro atoms. The van der Waals surface area contributed by atoms with E-state index in [-0.39, 0.29) is 0 Å². The molecule has 0 bridgehead atoms. The van der Waals surface area contributed by atoms with Crippen molar-refractivity contribution in [1.82, 2.24) is 5.32 Å². The van der Waals surface area contributed by atoms with Crippen LogP contribution in [0.15, 0.2) is 30.3 Å². The second-order valence-corrected chi connectivity index (χ2v) is 2.96. The number of benzene rings is 1. The van der Waals surface area contributed by atoms with Crippen molar-refractivity contribution in [2.45, 2.75) is 13.5 Å². The Hall–Kier alpha value is -0.470. The van der Waals surface area contributed by atoms with Gasteiger partial charge in [-0.3, -0.25) is 0 Å². The summed E-state index contributed by atoms with van der Waals surface area (Å²) in [5.74, 6) is 0.944. The summed E-state index contributed by atoms with van der Waals surface area (Å²) in [5, 5.41) is 3.08. The van der Waals surface area contributed by atoms with Crippen molar-refractivity contribution in [2.24, 2.45) is 0 Å². The third kappa shape index (κ3) is 6.25. The minimum atomic E-state index is 0.944. The van der Waals surface area contributed by atoms with Crippen LogP contribution in [0.25, 0.3) is 0 Å². The molecule has 0 aromatic heterocycles. The first kappa shape index (κ1) is 11.5. The molecule has 0 amide bonds. The third-order valence-corrected chi connectivity index (χ3v) is 1.22. The molecule has 1 aromatic carbocycles. The molecule has 0 atom stereocenters. The lowest BCUT2D eigenvalue weighted by molar-refractivity contribution is 0.818. The zero-order valence-corrected chi connectivity index (χ0v) is 8.64. The van der Waals surface area contributed by atoms with Crippen LogP contribution in [0.5, 0.6) is 0 Å². The van der Waals surface area contributed by atoms with Crippen LogP contribution < -0.4 is 5.32 Å². The van der Waals surface area contributed by atoms with E-state index in [1.54, 1.807) is 0 Å². The van der Waals surface area contributed by atoms with Crippen LogP contribution in [-0.2, 0) is 6.54 Å². The summed E-state index contributed by atoms with van der Waals surface area (Å²) in [6.07, 6.45) is 0. The van der Waals surface area contributed by atoms with E-state index >= 15 is 0 Å². The summed E-state index contributed by atoms with van der Waals surface area (Å²) in [5.41, 5.74) is 1.33. The predicted octanol–water partition coefficient (Wildman–Crippen LogP) is 2.34. The smallest absolute Gasteiger partial charge is 0.0202 e. The molecular weight excluding hydrogens is 166 g/mol. The minimum Gasteiger partial charge on any atom is -0.316 e. The maximum Gasteiger partial charge on any atom is 0.0202 e. The van der Waals surface area contributed by atoms with E-state index in [2.05, 4.69) is 30.1 Å². The number of hydrogen-bond acceptors (Lipinski definition) is 2. The minimum absolute atomic E-state index is 0.944. The molecule has 0 unspecified atom stereocenters. The lowest BCUT2D eigenvalue weighted by atomic mass is 10.2. The van der Waals surface area contributed by atoms with Crippen LogP contribution in [0.1, 0.15) is 12.5 Å². The number of hydrogen-bond donors (Lipinski definition) is 2. The van der Waals surface area contributed by atoms with Crippen molar-refractivity contribution in [3.05, 3.63) is 35.9 Å². The molecule has 1 N–H and O–H groups in total. The lowest BCUT2D eigenvalue weighted by Gasteiger charge is -1.95. The molecule has 1 nitrogen and oxygen atoms in total. The van der Waals surface area contributed by atoms with Gasteiger partial charge in [0.15, 0.2) is 0 Å². The summed E-state index contributed by atoms with van der Waals surface area (Å²) in [7, 11) is 1.95. The predicted molar refractivity (Wildman–Crippen MR) is 58.7 cm³/mol. The maximum atomic E-state index is 3.79. The first-order valence-electron chi connectivity index (χ1n) is 4.14. The number of rotatable bonds is 2. The fourth-order valence-corrected chi connectivity index (χ4v) is 0.800. The Bertz CT molecular complexity index is 174. The Labute approximate surface area is 80.6 Å². The molecule has 1 rings (SSSR count). The fraction of sp³-hybridized carbons (Fsp3) is 0.400. The van der Waals surface area contributed by atoms with E-state index in [0.29, 0.717) is 0 Å². The number of nitrogens with one attached hydrogen (secondary N) is 1. The van der Waals surface area contributed by atoms with Crippen molar-refractivity contribution in [2.75, 3.05) is 12.8 Å². The van der Waals surface area contributed by atoms with Crippen molar-refractivity contribution in [3.8, 4) is 0 Å². The summed E-state index contributed by atoms with van der Waals surface area (Å²) in [6.45, 7) is 2.95. The normalized spacial score (nSPS) is 8.58. The Morgan fingerprint density at radius 3 is 2.17 bits per heavy atom. The topological polar surface area (TPSA) is 12.0 Å². The molecule has 0 fully saturated rings. The average Bonchev–Trinajstić information content (AvgIpc) is 2.08. The molecule has 12 heavy (non-hydrogen) atoms. The molecule has 0 saturated heterocycles. The van der Waals surface area contributed by atoms with Gasteiger partial charge >= 0.3 is 0 Å². The van der Waals surface area contributed by atoms with Crippen molar-refractivity contribution >= 4 is 12.6 Å². The molecule has 0 aliphatic rings. The van der Waals surface area contributed by atoms with Gasteiger partial charge in [0.25, 0.3) is 0 Å². The largest absolute Gasteiger partial charge is 0.316 e. The third-order valence-electron chi connectivity index (χ3n) is 1.22. The van der Waals surface area contributed by atoms with Gasteiger partial charge in [0.1, 0.15) is 0 Å². The van der Waals surface area contributed by atoms with Gasteiger partial charge in [-0.15, -0.1) is 0 Å². The zero-order chi connectivity index (χ0) is 9.23. The average molecular weight is 183 g/mol. The molecule has 0 heterocycles. The van der Waals surface area contributed by atoms with Gasteiger partial charge in [-0.2, -0.15) is 12.6 Å². The van der Waals surface area contributed by atoms with Crippen molar-refractivity contribution in [1.29, 1.82) is 0 Å². The zero-order valence-electron chi connectivity index (χ0n) is 7.75. The Morgan fingerprint density at radius 1 is 1.25 bits per heavy atom. The van der Waals surface area contributed by atoms with Crippen LogP contribution in [0.4, 0.5) is 0 Å². The monoisotopic (exact) mass is 183 g/mol. The number of thiol groups is 1. The van der Waals surface area contributed by atoms with Crippen LogP contribution in [0.3, 0.4) is 0 Å². The van der Waals surface area contributed by atoms with Crippen LogP contribution >= 0.6 is 12.6 Å². The SMILES string of the molecule is CCS.CNCc1ccccc1. The van der Waals surface area contributed by atoms with Gasteiger partial charge in [-0.1, -0.05) is 37.3 Å².